The van der Waals surface area contributed by atoms with E-state index in [1.54, 1.807) is 6.07 Å². The fraction of sp³-hybridized carbons (Fsp3) is 0.360. The summed E-state index contributed by atoms with van der Waals surface area (Å²) in [7, 11) is -0.662. The van der Waals surface area contributed by atoms with Crippen LogP contribution in [0.4, 0.5) is 4.79 Å². The van der Waals surface area contributed by atoms with E-state index in [1.165, 1.54) is 0 Å². The highest BCUT2D eigenvalue weighted by atomic mass is 16.7. The summed E-state index contributed by atoms with van der Waals surface area (Å²) in [6.45, 7) is 8.50. The molecule has 0 radical (unpaired) electrons. The van der Waals surface area contributed by atoms with Crippen molar-refractivity contribution in [1.29, 1.82) is 0 Å². The van der Waals surface area contributed by atoms with Crippen molar-refractivity contribution in [3.05, 3.63) is 76.3 Å². The smallest absolute Gasteiger partial charge is 0.457 e. The van der Waals surface area contributed by atoms with Gasteiger partial charge in [0, 0.05) is 12.1 Å². The highest BCUT2D eigenvalue weighted by Gasteiger charge is 2.52. The monoisotopic (exact) mass is 449 g/mol. The summed E-state index contributed by atoms with van der Waals surface area (Å²) in [5.41, 5.74) is 2.73. The van der Waals surface area contributed by atoms with Crippen molar-refractivity contribution in [1.82, 2.24) is 5.32 Å². The molecule has 4 rings (SSSR count). The normalized spacial score (nSPS) is 18.6. The summed E-state index contributed by atoms with van der Waals surface area (Å²) in [6, 6.07) is 15.0. The lowest BCUT2D eigenvalue weighted by Gasteiger charge is -2.32. The van der Waals surface area contributed by atoms with E-state index < -0.39 is 24.4 Å². The lowest BCUT2D eigenvalue weighted by molar-refractivity contribution is 0.00578. The molecule has 0 aromatic heterocycles. The van der Waals surface area contributed by atoms with Crippen LogP contribution in [0.2, 0.25) is 0 Å². The number of cyclic esters (lactones) is 1. The van der Waals surface area contributed by atoms with Crippen LogP contribution in [0, 0.1) is 0 Å². The molecule has 172 valence electrons. The van der Waals surface area contributed by atoms with E-state index in [1.807, 2.05) is 76.2 Å². The molecule has 8 heteroatoms. The first-order valence-corrected chi connectivity index (χ1v) is 11.0. The number of nitrogens with one attached hydrogen (secondary N) is 1. The van der Waals surface area contributed by atoms with E-state index in [0.717, 1.165) is 16.7 Å². The van der Waals surface area contributed by atoms with Crippen molar-refractivity contribution in [3.63, 3.8) is 0 Å². The first-order chi connectivity index (χ1) is 15.6. The molecule has 2 aromatic carbocycles. The first-order valence-electron chi connectivity index (χ1n) is 11.0. The Morgan fingerprint density at radius 1 is 1.09 bits per heavy atom. The summed E-state index contributed by atoms with van der Waals surface area (Å²) in [5.74, 6) is -0.333. The molecule has 0 saturated carbocycles. The molecule has 1 N–H and O–H groups in total. The molecule has 2 aliphatic heterocycles. The molecule has 0 aliphatic carbocycles. The minimum atomic E-state index is -0.662. The van der Waals surface area contributed by atoms with Crippen LogP contribution in [0.15, 0.2) is 54.0 Å². The number of fused-ring (bicyclic) bond motifs is 1. The van der Waals surface area contributed by atoms with Gasteiger partial charge in [-0.25, -0.2) is 9.59 Å². The quantitative estimate of drug-likeness (QED) is 0.523. The number of alkyl carbamates (subject to hydrolysis) is 1. The standard InChI is InChI=1S/C25H28BNO6/c1-24(2)25(3,4)33-26(32-24)20(12-18-10-11-19-16-30-22(28)21(19)13-18)14-27-23(29)31-15-17-8-6-5-7-9-17/h5-13H,14-16H2,1-4H3,(H,27,29). The van der Waals surface area contributed by atoms with Gasteiger partial charge in [0.25, 0.3) is 0 Å². The molecule has 2 aliphatic rings. The predicted molar refractivity (Wildman–Crippen MR) is 124 cm³/mol. The van der Waals surface area contributed by atoms with E-state index >= 15 is 0 Å². The van der Waals surface area contributed by atoms with Crippen LogP contribution in [-0.4, -0.2) is 36.9 Å². The van der Waals surface area contributed by atoms with Crippen molar-refractivity contribution >= 4 is 25.3 Å². The number of ether oxygens (including phenoxy) is 2. The zero-order valence-electron chi connectivity index (χ0n) is 19.3. The summed E-state index contributed by atoms with van der Waals surface area (Å²) in [6.07, 6.45) is 1.32. The van der Waals surface area contributed by atoms with E-state index in [4.69, 9.17) is 18.8 Å². The number of hydrogen-bond acceptors (Lipinski definition) is 6. The first kappa shape index (κ1) is 23.1. The Morgan fingerprint density at radius 3 is 2.48 bits per heavy atom. The Hall–Kier alpha value is -3.10. The Balaban J connectivity index is 1.51. The van der Waals surface area contributed by atoms with Gasteiger partial charge in [-0.3, -0.25) is 0 Å². The van der Waals surface area contributed by atoms with Gasteiger partial charge in [-0.2, -0.15) is 0 Å². The summed E-state index contributed by atoms with van der Waals surface area (Å²) in [5, 5.41) is 2.78. The minimum absolute atomic E-state index is 0.159. The molecule has 33 heavy (non-hydrogen) atoms. The van der Waals surface area contributed by atoms with Gasteiger partial charge < -0.3 is 24.1 Å². The predicted octanol–water partition coefficient (Wildman–Crippen LogP) is 4.30. The Morgan fingerprint density at radius 2 is 1.79 bits per heavy atom. The molecule has 2 heterocycles. The number of carbonyl (C=O) groups excluding carboxylic acids is 2. The number of benzene rings is 2. The highest BCUT2D eigenvalue weighted by molar-refractivity contribution is 6.56. The molecule has 1 amide bonds. The Kier molecular flexibility index (Phi) is 6.32. The fourth-order valence-corrected chi connectivity index (χ4v) is 3.58. The van der Waals surface area contributed by atoms with Gasteiger partial charge in [0.15, 0.2) is 0 Å². The number of amides is 1. The van der Waals surface area contributed by atoms with Gasteiger partial charge >= 0.3 is 19.2 Å². The molecule has 2 aromatic rings. The fourth-order valence-electron chi connectivity index (χ4n) is 3.58. The van der Waals surface area contributed by atoms with Crippen LogP contribution in [0.1, 0.15) is 54.7 Å². The third-order valence-electron chi connectivity index (χ3n) is 6.27. The third-order valence-corrected chi connectivity index (χ3v) is 6.27. The summed E-state index contributed by atoms with van der Waals surface area (Å²) >= 11 is 0. The van der Waals surface area contributed by atoms with Crippen LogP contribution in [0.5, 0.6) is 0 Å². The molecule has 0 unspecified atom stereocenters. The molecule has 0 bridgehead atoms. The summed E-state index contributed by atoms with van der Waals surface area (Å²) < 4.78 is 22.8. The maximum Gasteiger partial charge on any atom is 0.492 e. The SMILES string of the molecule is CC1(C)OB(C(=Cc2ccc3c(c2)C(=O)OC3)CNC(=O)OCc2ccccc2)OC1(C)C. The van der Waals surface area contributed by atoms with Crippen molar-refractivity contribution in [2.45, 2.75) is 52.1 Å². The molecular formula is C25H28BNO6. The van der Waals surface area contributed by atoms with Gasteiger partial charge in [-0.05, 0) is 50.4 Å². The molecule has 1 fully saturated rings. The second-order valence-electron chi connectivity index (χ2n) is 9.22. The number of esters is 1. The van der Waals surface area contributed by atoms with Crippen molar-refractivity contribution in [3.8, 4) is 0 Å². The maximum absolute atomic E-state index is 12.3. The van der Waals surface area contributed by atoms with Gasteiger partial charge in [0.05, 0.1) is 16.8 Å². The Labute approximate surface area is 194 Å². The second-order valence-corrected chi connectivity index (χ2v) is 9.22. The lowest BCUT2D eigenvalue weighted by Crippen LogP contribution is -2.41. The van der Waals surface area contributed by atoms with Crippen LogP contribution >= 0.6 is 0 Å². The van der Waals surface area contributed by atoms with Gasteiger partial charge in [-0.1, -0.05) is 48.5 Å². The van der Waals surface area contributed by atoms with Crippen LogP contribution in [0.25, 0.3) is 6.08 Å². The number of rotatable bonds is 6. The zero-order chi connectivity index (χ0) is 23.6. The van der Waals surface area contributed by atoms with Crippen LogP contribution < -0.4 is 5.32 Å². The molecule has 1 saturated heterocycles. The molecule has 7 nitrogen and oxygen atoms in total. The van der Waals surface area contributed by atoms with Crippen LogP contribution in [-0.2, 0) is 32.0 Å². The van der Waals surface area contributed by atoms with Gasteiger partial charge in [-0.15, -0.1) is 0 Å². The third kappa shape index (κ3) is 5.12. The van der Waals surface area contributed by atoms with Gasteiger partial charge in [0.2, 0.25) is 0 Å². The van der Waals surface area contributed by atoms with E-state index in [2.05, 4.69) is 5.32 Å². The van der Waals surface area contributed by atoms with E-state index in [9.17, 15) is 9.59 Å². The number of carbonyl (C=O) groups is 2. The lowest BCUT2D eigenvalue weighted by atomic mass is 9.77. The average molecular weight is 449 g/mol. The molecule has 0 spiro atoms. The van der Waals surface area contributed by atoms with Crippen molar-refractivity contribution in [2.24, 2.45) is 0 Å². The topological polar surface area (TPSA) is 83.1 Å². The highest BCUT2D eigenvalue weighted by Crippen LogP contribution is 2.38. The van der Waals surface area contributed by atoms with E-state index in [-0.39, 0.29) is 25.7 Å². The minimum Gasteiger partial charge on any atom is -0.457 e. The molecule has 0 atom stereocenters. The Bertz CT molecular complexity index is 1060. The largest absolute Gasteiger partial charge is 0.492 e. The number of hydrogen-bond donors (Lipinski definition) is 1. The summed E-state index contributed by atoms with van der Waals surface area (Å²) in [4.78, 5) is 24.3. The maximum atomic E-state index is 12.3. The van der Waals surface area contributed by atoms with E-state index in [0.29, 0.717) is 11.0 Å². The van der Waals surface area contributed by atoms with Crippen molar-refractivity contribution in [2.75, 3.05) is 6.54 Å². The van der Waals surface area contributed by atoms with Crippen molar-refractivity contribution < 1.29 is 28.4 Å². The van der Waals surface area contributed by atoms with Gasteiger partial charge in [0.1, 0.15) is 13.2 Å². The second kappa shape index (κ2) is 9.04. The van der Waals surface area contributed by atoms with Crippen LogP contribution in [0.3, 0.4) is 0 Å². The molecular weight excluding hydrogens is 421 g/mol. The average Bonchev–Trinajstić information content (AvgIpc) is 3.25. The zero-order valence-corrected chi connectivity index (χ0v) is 19.3.